The van der Waals surface area contributed by atoms with E-state index in [2.05, 4.69) is 26.5 Å². The van der Waals surface area contributed by atoms with Gasteiger partial charge in [-0.3, -0.25) is 4.39 Å². The quantitative estimate of drug-likeness (QED) is 0.496. The molecular formula is C11H27FS. The van der Waals surface area contributed by atoms with Crippen LogP contribution >= 0.6 is 12.6 Å². The van der Waals surface area contributed by atoms with Crippen LogP contribution in [0.5, 0.6) is 0 Å². The largest absolute Gasteiger partial charge is 0.251 e. The van der Waals surface area contributed by atoms with Gasteiger partial charge in [-0.25, -0.2) is 0 Å². The van der Waals surface area contributed by atoms with Gasteiger partial charge in [0.1, 0.15) is 0 Å². The molecule has 0 bridgehead atoms. The van der Waals surface area contributed by atoms with Crippen molar-refractivity contribution in [2.24, 2.45) is 0 Å². The molecule has 0 aliphatic rings. The highest BCUT2D eigenvalue weighted by Crippen LogP contribution is 1.95. The van der Waals surface area contributed by atoms with Crippen LogP contribution in [-0.4, -0.2) is 12.4 Å². The van der Waals surface area contributed by atoms with E-state index in [1.165, 1.54) is 25.7 Å². The molecule has 0 unspecified atom stereocenters. The van der Waals surface area contributed by atoms with Crippen LogP contribution in [0.2, 0.25) is 0 Å². The molecule has 0 amide bonds. The summed E-state index contributed by atoms with van der Waals surface area (Å²) in [4.78, 5) is 0. The average Bonchev–Trinajstić information content (AvgIpc) is 2.16. The van der Waals surface area contributed by atoms with E-state index in [9.17, 15) is 4.39 Å². The molecule has 84 valence electrons. The summed E-state index contributed by atoms with van der Waals surface area (Å²) in [5, 5.41) is 0. The molecule has 2 heteroatoms. The first kappa shape index (κ1) is 18.9. The minimum Gasteiger partial charge on any atom is -0.251 e. The molecule has 0 radical (unpaired) electrons. The number of unbranched alkanes of at least 4 members (excludes halogenated alkanes) is 3. The Morgan fingerprint density at radius 2 is 1.08 bits per heavy atom. The summed E-state index contributed by atoms with van der Waals surface area (Å²) in [6, 6.07) is 0. The van der Waals surface area contributed by atoms with E-state index in [0.717, 1.165) is 5.75 Å². The maximum absolute atomic E-state index is 10.7. The average molecular weight is 210 g/mol. The monoisotopic (exact) mass is 210 g/mol. The minimum atomic E-state index is -0.181. The fourth-order valence-corrected chi connectivity index (χ4v) is 0.500. The Labute approximate surface area is 89.7 Å². The molecular weight excluding hydrogens is 183 g/mol. The van der Waals surface area contributed by atoms with Gasteiger partial charge < -0.3 is 0 Å². The van der Waals surface area contributed by atoms with Gasteiger partial charge in [0.25, 0.3) is 0 Å². The van der Waals surface area contributed by atoms with Crippen molar-refractivity contribution >= 4 is 12.6 Å². The lowest BCUT2D eigenvalue weighted by Gasteiger charge is -1.86. The van der Waals surface area contributed by atoms with Gasteiger partial charge in [-0.15, -0.1) is 0 Å². The van der Waals surface area contributed by atoms with E-state index in [4.69, 9.17) is 0 Å². The molecule has 0 fully saturated rings. The topological polar surface area (TPSA) is 0 Å². The maximum atomic E-state index is 10.7. The summed E-state index contributed by atoms with van der Waals surface area (Å²) in [5.74, 6) is 0.944. The summed E-state index contributed by atoms with van der Waals surface area (Å²) < 4.78 is 10.7. The van der Waals surface area contributed by atoms with Crippen molar-refractivity contribution in [2.45, 2.75) is 59.8 Å². The highest BCUT2D eigenvalue weighted by molar-refractivity contribution is 7.80. The van der Waals surface area contributed by atoms with Crippen LogP contribution in [0.1, 0.15) is 59.8 Å². The van der Waals surface area contributed by atoms with Gasteiger partial charge in [0.15, 0.2) is 0 Å². The van der Waals surface area contributed by atoms with Crippen LogP contribution in [0.15, 0.2) is 0 Å². The molecule has 0 aromatic rings. The van der Waals surface area contributed by atoms with Crippen molar-refractivity contribution < 1.29 is 4.39 Å². The van der Waals surface area contributed by atoms with Crippen molar-refractivity contribution in [3.8, 4) is 0 Å². The Hall–Kier alpha value is 0.280. The summed E-state index contributed by atoms with van der Waals surface area (Å²) in [6.07, 6.45) is 6.19. The second-order valence-corrected chi connectivity index (χ2v) is 3.34. The predicted molar refractivity (Wildman–Crippen MR) is 65.6 cm³/mol. The van der Waals surface area contributed by atoms with Gasteiger partial charge in [0.05, 0.1) is 6.67 Å². The zero-order valence-corrected chi connectivity index (χ0v) is 10.7. The highest BCUT2D eigenvalue weighted by Gasteiger charge is 1.75. The number of hydrogen-bond acceptors (Lipinski definition) is 1. The molecule has 0 rings (SSSR count). The fraction of sp³-hybridized carbons (Fsp3) is 1.00. The SMILES string of the molecule is CCCCCC.CCCF.CCS. The Balaban J connectivity index is -0.000000125. The fourth-order valence-electron chi connectivity index (χ4n) is 0.500. The van der Waals surface area contributed by atoms with E-state index in [-0.39, 0.29) is 6.67 Å². The van der Waals surface area contributed by atoms with Crippen molar-refractivity contribution in [3.05, 3.63) is 0 Å². The van der Waals surface area contributed by atoms with Gasteiger partial charge in [-0.2, -0.15) is 12.6 Å². The lowest BCUT2D eigenvalue weighted by atomic mass is 10.2. The Kier molecular flexibility index (Phi) is 43.0. The zero-order valence-electron chi connectivity index (χ0n) is 9.77. The number of rotatable bonds is 4. The first-order valence-corrected chi connectivity index (χ1v) is 6.04. The smallest absolute Gasteiger partial charge is 0.0891 e. The second kappa shape index (κ2) is 29.5. The summed E-state index contributed by atoms with van der Waals surface area (Å²) in [5.41, 5.74) is 0. The standard InChI is InChI=1S/C6H14.C3H7F.C2H6S/c1-3-5-6-4-2;1-2-3-4;1-2-3/h3-6H2,1-2H3;2-3H2,1H3;3H,2H2,1H3. The second-order valence-electron chi connectivity index (χ2n) is 2.71. The zero-order chi connectivity index (χ0) is 10.9. The molecule has 0 spiro atoms. The van der Waals surface area contributed by atoms with E-state index >= 15 is 0 Å². The van der Waals surface area contributed by atoms with Gasteiger partial charge in [0, 0.05) is 0 Å². The van der Waals surface area contributed by atoms with Crippen molar-refractivity contribution in [1.82, 2.24) is 0 Å². The predicted octanol–water partition coefficient (Wildman–Crippen LogP) is 4.89. The Bertz CT molecular complexity index is 43.4. The summed E-state index contributed by atoms with van der Waals surface area (Å²) >= 11 is 3.79. The molecule has 0 aliphatic carbocycles. The molecule has 0 nitrogen and oxygen atoms in total. The van der Waals surface area contributed by atoms with Crippen LogP contribution in [0, 0.1) is 0 Å². The van der Waals surface area contributed by atoms with Crippen LogP contribution in [0.25, 0.3) is 0 Å². The van der Waals surface area contributed by atoms with E-state index < -0.39 is 0 Å². The van der Waals surface area contributed by atoms with Gasteiger partial charge in [0.2, 0.25) is 0 Å². The van der Waals surface area contributed by atoms with E-state index in [0.29, 0.717) is 6.42 Å². The molecule has 0 aromatic heterocycles. The van der Waals surface area contributed by atoms with Crippen molar-refractivity contribution in [1.29, 1.82) is 0 Å². The van der Waals surface area contributed by atoms with Gasteiger partial charge in [-0.05, 0) is 12.2 Å². The third kappa shape index (κ3) is 70.8. The summed E-state index contributed by atoms with van der Waals surface area (Å²) in [6.45, 7) is 8.08. The third-order valence-electron chi connectivity index (χ3n) is 1.15. The molecule has 0 atom stereocenters. The lowest BCUT2D eigenvalue weighted by molar-refractivity contribution is 0.487. The molecule has 0 aromatic carbocycles. The van der Waals surface area contributed by atoms with Crippen molar-refractivity contribution in [2.75, 3.05) is 12.4 Å². The number of thiol groups is 1. The number of alkyl halides is 1. The van der Waals surface area contributed by atoms with E-state index in [1.54, 1.807) is 6.92 Å². The molecule has 0 heterocycles. The van der Waals surface area contributed by atoms with Gasteiger partial charge >= 0.3 is 0 Å². The lowest BCUT2D eigenvalue weighted by Crippen LogP contribution is -1.66. The number of halogens is 1. The van der Waals surface area contributed by atoms with Gasteiger partial charge in [-0.1, -0.05) is 53.4 Å². The minimum absolute atomic E-state index is 0.181. The molecule has 0 saturated carbocycles. The molecule has 13 heavy (non-hydrogen) atoms. The molecule has 0 saturated heterocycles. The van der Waals surface area contributed by atoms with Crippen molar-refractivity contribution in [3.63, 3.8) is 0 Å². The van der Waals surface area contributed by atoms with Crippen LogP contribution in [-0.2, 0) is 0 Å². The summed E-state index contributed by atoms with van der Waals surface area (Å²) in [7, 11) is 0. The Morgan fingerprint density at radius 1 is 0.846 bits per heavy atom. The van der Waals surface area contributed by atoms with E-state index in [1.807, 2.05) is 6.92 Å². The Morgan fingerprint density at radius 3 is 1.15 bits per heavy atom. The first-order chi connectivity index (χ1) is 6.24. The molecule has 0 aliphatic heterocycles. The normalized spacial score (nSPS) is 7.85. The third-order valence-corrected chi connectivity index (χ3v) is 1.15. The molecule has 0 N–H and O–H groups in total. The van der Waals surface area contributed by atoms with Crippen LogP contribution in [0.3, 0.4) is 0 Å². The highest BCUT2D eigenvalue weighted by atomic mass is 32.1. The maximum Gasteiger partial charge on any atom is 0.0891 e. The van der Waals surface area contributed by atoms with Crippen LogP contribution < -0.4 is 0 Å². The van der Waals surface area contributed by atoms with Crippen LogP contribution in [0.4, 0.5) is 4.39 Å². The first-order valence-electron chi connectivity index (χ1n) is 5.41. The number of hydrogen-bond donors (Lipinski definition) is 1.